The molecule has 1 atom stereocenters. The molecule has 1 aromatic rings. The first-order valence-electron chi connectivity index (χ1n) is 5.93. The molecule has 1 saturated heterocycles. The topological polar surface area (TPSA) is 55.3 Å². The zero-order valence-corrected chi connectivity index (χ0v) is 10.2. The zero-order chi connectivity index (χ0) is 12.3. The molecular formula is C12H17N3O2. The predicted molar refractivity (Wildman–Crippen MR) is 64.0 cm³/mol. The van der Waals surface area contributed by atoms with Crippen molar-refractivity contribution in [1.82, 2.24) is 9.97 Å². The van der Waals surface area contributed by atoms with Gasteiger partial charge in [-0.3, -0.25) is 0 Å². The molecule has 1 fully saturated rings. The highest BCUT2D eigenvalue weighted by Crippen LogP contribution is 2.24. The van der Waals surface area contributed by atoms with Crippen LogP contribution in [0.2, 0.25) is 0 Å². The number of carbonyl (C=O) groups is 1. The van der Waals surface area contributed by atoms with Crippen LogP contribution >= 0.6 is 0 Å². The quantitative estimate of drug-likeness (QED) is 0.745. The van der Waals surface area contributed by atoms with Gasteiger partial charge < -0.3 is 9.64 Å². The van der Waals surface area contributed by atoms with Gasteiger partial charge in [0.2, 0.25) is 0 Å². The lowest BCUT2D eigenvalue weighted by Crippen LogP contribution is -2.29. The number of nitrogens with zero attached hydrogens (tertiary/aromatic N) is 3. The average Bonchev–Trinajstić information content (AvgIpc) is 2.86. The molecule has 1 unspecified atom stereocenters. The van der Waals surface area contributed by atoms with E-state index in [1.54, 1.807) is 6.20 Å². The van der Waals surface area contributed by atoms with Crippen LogP contribution in [0, 0.1) is 0 Å². The molecule has 2 rings (SSSR count). The fourth-order valence-electron chi connectivity index (χ4n) is 2.24. The fraction of sp³-hybridized carbons (Fsp3) is 0.583. The molecule has 2 heterocycles. The van der Waals surface area contributed by atoms with Crippen LogP contribution in [-0.2, 0) is 4.74 Å². The van der Waals surface area contributed by atoms with E-state index in [4.69, 9.17) is 0 Å². The standard InChI is InChI=1S/C12H17N3O2/c1-3-9-5-4-6-15(9)11-8-13-10(7-14-11)12(16)17-2/h7-9H,3-6H2,1-2H3. The Morgan fingerprint density at radius 1 is 1.53 bits per heavy atom. The van der Waals surface area contributed by atoms with Crippen LogP contribution in [0.5, 0.6) is 0 Å². The van der Waals surface area contributed by atoms with Gasteiger partial charge >= 0.3 is 5.97 Å². The average molecular weight is 235 g/mol. The van der Waals surface area contributed by atoms with Crippen LogP contribution in [0.15, 0.2) is 12.4 Å². The number of carbonyl (C=O) groups excluding carboxylic acids is 1. The smallest absolute Gasteiger partial charge is 0.358 e. The number of ether oxygens (including phenoxy) is 1. The third kappa shape index (κ3) is 2.38. The summed E-state index contributed by atoms with van der Waals surface area (Å²) in [5, 5.41) is 0. The minimum atomic E-state index is -0.447. The van der Waals surface area contributed by atoms with Gasteiger partial charge in [-0.05, 0) is 19.3 Å². The monoisotopic (exact) mass is 235 g/mol. The Morgan fingerprint density at radius 3 is 2.94 bits per heavy atom. The summed E-state index contributed by atoms with van der Waals surface area (Å²) in [5.74, 6) is 0.402. The van der Waals surface area contributed by atoms with Crippen molar-refractivity contribution in [2.75, 3.05) is 18.6 Å². The van der Waals surface area contributed by atoms with Crippen LogP contribution in [0.1, 0.15) is 36.7 Å². The third-order valence-corrected chi connectivity index (χ3v) is 3.18. The summed E-state index contributed by atoms with van der Waals surface area (Å²) in [6.45, 7) is 3.20. The molecule has 0 radical (unpaired) electrons. The number of hydrogen-bond acceptors (Lipinski definition) is 5. The summed E-state index contributed by atoms with van der Waals surface area (Å²) in [7, 11) is 1.34. The van der Waals surface area contributed by atoms with Gasteiger partial charge in [0.1, 0.15) is 5.82 Å². The summed E-state index contributed by atoms with van der Waals surface area (Å²) >= 11 is 0. The number of aromatic nitrogens is 2. The van der Waals surface area contributed by atoms with Crippen LogP contribution in [0.4, 0.5) is 5.82 Å². The Hall–Kier alpha value is -1.65. The lowest BCUT2D eigenvalue weighted by atomic mass is 10.2. The minimum Gasteiger partial charge on any atom is -0.464 e. The molecule has 0 aliphatic carbocycles. The Bertz CT molecular complexity index is 391. The second kappa shape index (κ2) is 5.12. The second-order valence-corrected chi connectivity index (χ2v) is 4.15. The molecule has 0 N–H and O–H groups in total. The van der Waals surface area contributed by atoms with Gasteiger partial charge in [0.15, 0.2) is 5.69 Å². The van der Waals surface area contributed by atoms with Crippen molar-refractivity contribution in [1.29, 1.82) is 0 Å². The van der Waals surface area contributed by atoms with E-state index >= 15 is 0 Å². The van der Waals surface area contributed by atoms with Gasteiger partial charge in [-0.15, -0.1) is 0 Å². The summed E-state index contributed by atoms with van der Waals surface area (Å²) in [4.78, 5) is 21.9. The van der Waals surface area contributed by atoms with E-state index in [1.165, 1.54) is 26.1 Å². The van der Waals surface area contributed by atoms with E-state index in [2.05, 4.69) is 26.5 Å². The summed E-state index contributed by atoms with van der Waals surface area (Å²) < 4.78 is 4.59. The molecule has 1 aliphatic rings. The van der Waals surface area contributed by atoms with Crippen molar-refractivity contribution in [3.05, 3.63) is 18.1 Å². The van der Waals surface area contributed by atoms with Gasteiger partial charge in [0.05, 0.1) is 19.5 Å². The SMILES string of the molecule is CCC1CCCN1c1cnc(C(=O)OC)cn1. The molecule has 1 aromatic heterocycles. The molecule has 0 bridgehead atoms. The van der Waals surface area contributed by atoms with Gasteiger partial charge in [0, 0.05) is 12.6 Å². The molecule has 1 aliphatic heterocycles. The first kappa shape index (κ1) is 11.8. The van der Waals surface area contributed by atoms with Gasteiger partial charge in [0.25, 0.3) is 0 Å². The highest BCUT2D eigenvalue weighted by molar-refractivity contribution is 5.86. The van der Waals surface area contributed by atoms with Crippen molar-refractivity contribution >= 4 is 11.8 Å². The maximum Gasteiger partial charge on any atom is 0.358 e. The Labute approximate surface area is 101 Å². The first-order chi connectivity index (χ1) is 8.26. The fourth-order valence-corrected chi connectivity index (χ4v) is 2.24. The van der Waals surface area contributed by atoms with E-state index in [0.717, 1.165) is 18.8 Å². The maximum absolute atomic E-state index is 11.2. The number of hydrogen-bond donors (Lipinski definition) is 0. The Morgan fingerprint density at radius 2 is 2.35 bits per heavy atom. The van der Waals surface area contributed by atoms with Crippen molar-refractivity contribution in [2.24, 2.45) is 0 Å². The number of anilines is 1. The molecule has 0 saturated carbocycles. The normalized spacial score (nSPS) is 19.4. The van der Waals surface area contributed by atoms with E-state index in [1.807, 2.05) is 0 Å². The van der Waals surface area contributed by atoms with Crippen LogP contribution in [0.25, 0.3) is 0 Å². The molecule has 17 heavy (non-hydrogen) atoms. The van der Waals surface area contributed by atoms with E-state index in [0.29, 0.717) is 6.04 Å². The molecule has 0 spiro atoms. The van der Waals surface area contributed by atoms with E-state index in [-0.39, 0.29) is 5.69 Å². The number of rotatable bonds is 3. The summed E-state index contributed by atoms with van der Waals surface area (Å²) in [5.41, 5.74) is 0.253. The van der Waals surface area contributed by atoms with E-state index < -0.39 is 5.97 Å². The second-order valence-electron chi connectivity index (χ2n) is 4.15. The minimum absolute atomic E-state index is 0.253. The van der Waals surface area contributed by atoms with Crippen molar-refractivity contribution in [3.63, 3.8) is 0 Å². The molecule has 92 valence electrons. The highest BCUT2D eigenvalue weighted by atomic mass is 16.5. The molecule has 0 amide bonds. The first-order valence-corrected chi connectivity index (χ1v) is 5.93. The van der Waals surface area contributed by atoms with Crippen LogP contribution in [-0.4, -0.2) is 35.6 Å². The summed E-state index contributed by atoms with van der Waals surface area (Å²) in [6.07, 6.45) is 6.64. The number of methoxy groups -OCH3 is 1. The van der Waals surface area contributed by atoms with Crippen molar-refractivity contribution in [2.45, 2.75) is 32.2 Å². The van der Waals surface area contributed by atoms with E-state index in [9.17, 15) is 4.79 Å². The molecule has 0 aromatic carbocycles. The molecular weight excluding hydrogens is 218 g/mol. The Kier molecular flexibility index (Phi) is 3.56. The van der Waals surface area contributed by atoms with Crippen molar-refractivity contribution in [3.8, 4) is 0 Å². The number of esters is 1. The van der Waals surface area contributed by atoms with Crippen molar-refractivity contribution < 1.29 is 9.53 Å². The third-order valence-electron chi connectivity index (χ3n) is 3.18. The molecule has 5 nitrogen and oxygen atoms in total. The van der Waals surface area contributed by atoms with Crippen LogP contribution in [0.3, 0.4) is 0 Å². The lowest BCUT2D eigenvalue weighted by Gasteiger charge is -2.24. The van der Waals surface area contributed by atoms with Gasteiger partial charge in [-0.1, -0.05) is 6.92 Å². The Balaban J connectivity index is 2.15. The van der Waals surface area contributed by atoms with Gasteiger partial charge in [-0.2, -0.15) is 0 Å². The highest BCUT2D eigenvalue weighted by Gasteiger charge is 2.24. The van der Waals surface area contributed by atoms with Crippen LogP contribution < -0.4 is 4.90 Å². The zero-order valence-electron chi connectivity index (χ0n) is 10.2. The lowest BCUT2D eigenvalue weighted by molar-refractivity contribution is 0.0593. The summed E-state index contributed by atoms with van der Waals surface area (Å²) in [6, 6.07) is 0.549. The largest absolute Gasteiger partial charge is 0.464 e. The predicted octanol–water partition coefficient (Wildman–Crippen LogP) is 1.64. The maximum atomic E-state index is 11.2. The molecule has 5 heteroatoms. The van der Waals surface area contributed by atoms with Gasteiger partial charge in [-0.25, -0.2) is 14.8 Å².